The SMILES string of the molecule is Cc1ccc(CCC(=O)C2=CCCO2)cc1. The number of ketones is 1. The Labute approximate surface area is 95.9 Å². The van der Waals surface area contributed by atoms with Gasteiger partial charge in [0.2, 0.25) is 0 Å². The molecule has 84 valence electrons. The number of benzene rings is 1. The van der Waals surface area contributed by atoms with E-state index in [-0.39, 0.29) is 5.78 Å². The molecule has 1 aromatic rings. The summed E-state index contributed by atoms with van der Waals surface area (Å²) in [6.45, 7) is 2.72. The summed E-state index contributed by atoms with van der Waals surface area (Å²) in [7, 11) is 0. The summed E-state index contributed by atoms with van der Waals surface area (Å²) < 4.78 is 5.23. The molecule has 0 bridgehead atoms. The Balaban J connectivity index is 1.87. The van der Waals surface area contributed by atoms with Crippen molar-refractivity contribution in [2.24, 2.45) is 0 Å². The second-order valence-corrected chi connectivity index (χ2v) is 4.11. The van der Waals surface area contributed by atoms with E-state index in [9.17, 15) is 4.79 Å². The fourth-order valence-corrected chi connectivity index (χ4v) is 1.75. The van der Waals surface area contributed by atoms with Crippen LogP contribution in [-0.2, 0) is 16.0 Å². The van der Waals surface area contributed by atoms with Crippen LogP contribution in [0.1, 0.15) is 24.0 Å². The van der Waals surface area contributed by atoms with E-state index >= 15 is 0 Å². The first-order valence-corrected chi connectivity index (χ1v) is 5.67. The van der Waals surface area contributed by atoms with Crippen molar-refractivity contribution in [3.8, 4) is 0 Å². The fourth-order valence-electron chi connectivity index (χ4n) is 1.75. The summed E-state index contributed by atoms with van der Waals surface area (Å²) in [5, 5.41) is 0. The van der Waals surface area contributed by atoms with Crippen molar-refractivity contribution >= 4 is 5.78 Å². The molecule has 2 heteroatoms. The van der Waals surface area contributed by atoms with Crippen LogP contribution in [0.25, 0.3) is 0 Å². The van der Waals surface area contributed by atoms with Crippen LogP contribution in [0.2, 0.25) is 0 Å². The van der Waals surface area contributed by atoms with Crippen LogP contribution in [0.5, 0.6) is 0 Å². The van der Waals surface area contributed by atoms with Gasteiger partial charge in [0, 0.05) is 12.8 Å². The number of aryl methyl sites for hydroxylation is 2. The third-order valence-corrected chi connectivity index (χ3v) is 2.74. The summed E-state index contributed by atoms with van der Waals surface area (Å²) in [5.41, 5.74) is 2.45. The summed E-state index contributed by atoms with van der Waals surface area (Å²) in [4.78, 5) is 11.7. The fraction of sp³-hybridized carbons (Fsp3) is 0.357. The lowest BCUT2D eigenvalue weighted by atomic mass is 10.1. The minimum atomic E-state index is 0.123. The Kier molecular flexibility index (Phi) is 3.40. The van der Waals surface area contributed by atoms with Crippen LogP contribution in [-0.4, -0.2) is 12.4 Å². The van der Waals surface area contributed by atoms with Gasteiger partial charge in [0.25, 0.3) is 0 Å². The van der Waals surface area contributed by atoms with E-state index in [4.69, 9.17) is 4.74 Å². The second kappa shape index (κ2) is 4.97. The average Bonchev–Trinajstić information content (AvgIpc) is 2.81. The second-order valence-electron chi connectivity index (χ2n) is 4.11. The molecule has 1 heterocycles. The number of hydrogen-bond acceptors (Lipinski definition) is 2. The highest BCUT2D eigenvalue weighted by atomic mass is 16.5. The lowest BCUT2D eigenvalue weighted by Gasteiger charge is -2.03. The molecule has 0 fully saturated rings. The monoisotopic (exact) mass is 216 g/mol. The Morgan fingerprint density at radius 3 is 2.69 bits per heavy atom. The number of hydrogen-bond donors (Lipinski definition) is 0. The van der Waals surface area contributed by atoms with Crippen LogP contribution < -0.4 is 0 Å². The smallest absolute Gasteiger partial charge is 0.197 e. The minimum absolute atomic E-state index is 0.123. The van der Waals surface area contributed by atoms with E-state index in [0.717, 1.165) is 12.8 Å². The van der Waals surface area contributed by atoms with Crippen LogP contribution in [0.3, 0.4) is 0 Å². The quantitative estimate of drug-likeness (QED) is 0.773. The van der Waals surface area contributed by atoms with Crippen molar-refractivity contribution in [1.82, 2.24) is 0 Å². The van der Waals surface area contributed by atoms with Gasteiger partial charge in [0.1, 0.15) is 0 Å². The molecular formula is C14H16O2. The molecule has 1 aliphatic rings. The highest BCUT2D eigenvalue weighted by Gasteiger charge is 2.14. The summed E-state index contributed by atoms with van der Waals surface area (Å²) in [6.07, 6.45) is 4.08. The third-order valence-electron chi connectivity index (χ3n) is 2.74. The zero-order valence-electron chi connectivity index (χ0n) is 9.53. The summed E-state index contributed by atoms with van der Waals surface area (Å²) in [6, 6.07) is 8.30. The van der Waals surface area contributed by atoms with Crippen molar-refractivity contribution in [3.05, 3.63) is 47.2 Å². The molecule has 0 saturated carbocycles. The van der Waals surface area contributed by atoms with Gasteiger partial charge >= 0.3 is 0 Å². The van der Waals surface area contributed by atoms with Crippen molar-refractivity contribution in [2.45, 2.75) is 26.2 Å². The predicted octanol–water partition coefficient (Wildman–Crippen LogP) is 2.80. The van der Waals surface area contributed by atoms with Gasteiger partial charge in [0.05, 0.1) is 6.61 Å². The molecule has 0 saturated heterocycles. The highest BCUT2D eigenvalue weighted by Crippen LogP contribution is 2.14. The topological polar surface area (TPSA) is 26.3 Å². The number of carbonyl (C=O) groups excluding carboxylic acids is 1. The largest absolute Gasteiger partial charge is 0.490 e. The minimum Gasteiger partial charge on any atom is -0.490 e. The first-order chi connectivity index (χ1) is 7.75. The molecule has 1 aliphatic heterocycles. The maximum Gasteiger partial charge on any atom is 0.197 e. The Morgan fingerprint density at radius 1 is 1.31 bits per heavy atom. The van der Waals surface area contributed by atoms with Gasteiger partial charge in [-0.1, -0.05) is 29.8 Å². The lowest BCUT2D eigenvalue weighted by Crippen LogP contribution is -2.04. The highest BCUT2D eigenvalue weighted by molar-refractivity contribution is 5.93. The van der Waals surface area contributed by atoms with Crippen molar-refractivity contribution < 1.29 is 9.53 Å². The Hall–Kier alpha value is -1.57. The number of ether oxygens (including phenoxy) is 1. The molecule has 0 aliphatic carbocycles. The first-order valence-electron chi connectivity index (χ1n) is 5.67. The molecule has 0 amide bonds. The maximum atomic E-state index is 11.7. The van der Waals surface area contributed by atoms with Crippen molar-refractivity contribution in [2.75, 3.05) is 6.61 Å². The normalized spacial score (nSPS) is 14.4. The molecule has 0 spiro atoms. The van der Waals surface area contributed by atoms with E-state index < -0.39 is 0 Å². The van der Waals surface area contributed by atoms with Crippen molar-refractivity contribution in [1.29, 1.82) is 0 Å². The van der Waals surface area contributed by atoms with Gasteiger partial charge in [-0.3, -0.25) is 4.79 Å². The van der Waals surface area contributed by atoms with E-state index in [0.29, 0.717) is 18.8 Å². The Morgan fingerprint density at radius 2 is 2.06 bits per heavy atom. The van der Waals surface area contributed by atoms with E-state index in [1.54, 1.807) is 0 Å². The van der Waals surface area contributed by atoms with Gasteiger partial charge in [-0.05, 0) is 25.0 Å². The Bertz CT molecular complexity index is 401. The van der Waals surface area contributed by atoms with E-state index in [1.165, 1.54) is 11.1 Å². The average molecular weight is 216 g/mol. The van der Waals surface area contributed by atoms with Crippen LogP contribution in [0.15, 0.2) is 36.1 Å². The molecule has 2 rings (SSSR count). The van der Waals surface area contributed by atoms with E-state index in [1.807, 2.05) is 6.08 Å². The predicted molar refractivity (Wildman–Crippen MR) is 63.2 cm³/mol. The molecule has 0 unspecified atom stereocenters. The number of allylic oxidation sites excluding steroid dienone is 1. The standard InChI is InChI=1S/C14H16O2/c1-11-4-6-12(7-5-11)8-9-13(15)14-3-2-10-16-14/h3-7H,2,8-10H2,1H3. The van der Waals surface area contributed by atoms with Gasteiger partial charge in [-0.25, -0.2) is 0 Å². The van der Waals surface area contributed by atoms with Gasteiger partial charge in [0.15, 0.2) is 11.5 Å². The summed E-state index contributed by atoms with van der Waals surface area (Å²) >= 11 is 0. The zero-order valence-corrected chi connectivity index (χ0v) is 9.53. The van der Waals surface area contributed by atoms with Gasteiger partial charge in [-0.2, -0.15) is 0 Å². The van der Waals surface area contributed by atoms with Crippen molar-refractivity contribution in [3.63, 3.8) is 0 Å². The summed E-state index contributed by atoms with van der Waals surface area (Å²) in [5.74, 6) is 0.685. The molecule has 2 nitrogen and oxygen atoms in total. The molecule has 0 radical (unpaired) electrons. The van der Waals surface area contributed by atoms with Gasteiger partial charge in [-0.15, -0.1) is 0 Å². The number of rotatable bonds is 4. The molecule has 16 heavy (non-hydrogen) atoms. The zero-order chi connectivity index (χ0) is 11.4. The first kappa shape index (κ1) is 10.9. The molecule has 0 aromatic heterocycles. The van der Waals surface area contributed by atoms with Crippen LogP contribution in [0, 0.1) is 6.92 Å². The van der Waals surface area contributed by atoms with Gasteiger partial charge < -0.3 is 4.74 Å². The lowest BCUT2D eigenvalue weighted by molar-refractivity contribution is -0.118. The van der Waals surface area contributed by atoms with Crippen LogP contribution >= 0.6 is 0 Å². The number of Topliss-reactive ketones (excluding diaryl/α,β-unsaturated/α-hetero) is 1. The van der Waals surface area contributed by atoms with Crippen LogP contribution in [0.4, 0.5) is 0 Å². The molecule has 0 N–H and O–H groups in total. The maximum absolute atomic E-state index is 11.7. The number of carbonyl (C=O) groups is 1. The molecular weight excluding hydrogens is 200 g/mol. The third kappa shape index (κ3) is 2.72. The van der Waals surface area contributed by atoms with E-state index in [2.05, 4.69) is 31.2 Å². The molecule has 1 aromatic carbocycles. The molecule has 0 atom stereocenters.